The lowest BCUT2D eigenvalue weighted by atomic mass is 9.96. The van der Waals surface area contributed by atoms with Gasteiger partial charge in [-0.3, -0.25) is 24.0 Å². The number of hydrogen-bond donors (Lipinski definition) is 9. The van der Waals surface area contributed by atoms with E-state index < -0.39 is 66.3 Å². The van der Waals surface area contributed by atoms with Crippen LogP contribution in [0.1, 0.15) is 39.5 Å². The van der Waals surface area contributed by atoms with E-state index in [1.807, 2.05) is 0 Å². The van der Waals surface area contributed by atoms with Gasteiger partial charge in [-0.05, 0) is 6.92 Å². The number of carboxylic acids is 7. The maximum atomic E-state index is 10.3. The minimum absolute atomic E-state index is 0.296. The van der Waals surface area contributed by atoms with Gasteiger partial charge < -0.3 is 46.0 Å². The fourth-order valence-corrected chi connectivity index (χ4v) is 0.928. The monoisotopic (exact) mass is 460 g/mol. The second kappa shape index (κ2) is 18.3. The molecule has 0 aromatic carbocycles. The molecule has 180 valence electrons. The van der Waals surface area contributed by atoms with Crippen LogP contribution in [-0.2, 0) is 33.6 Å². The molecule has 0 saturated heterocycles. The van der Waals surface area contributed by atoms with Crippen LogP contribution in [0, 0.1) is 0 Å². The molecule has 0 heterocycles. The highest BCUT2D eigenvalue weighted by atomic mass is 16.4. The van der Waals surface area contributed by atoms with Gasteiger partial charge in [0, 0.05) is 6.92 Å². The molecular weight excluding hydrogens is 436 g/mol. The van der Waals surface area contributed by atoms with Gasteiger partial charge in [0.1, 0.15) is 6.10 Å². The Kier molecular flexibility index (Phi) is 20.4. The molecule has 0 saturated carbocycles. The Morgan fingerprint density at radius 3 is 1.00 bits per heavy atom. The zero-order chi connectivity index (χ0) is 25.9. The van der Waals surface area contributed by atoms with Gasteiger partial charge in [0.25, 0.3) is 5.97 Å². The van der Waals surface area contributed by atoms with E-state index in [2.05, 4.69) is 0 Å². The van der Waals surface area contributed by atoms with Crippen LogP contribution in [0.15, 0.2) is 0 Å². The van der Waals surface area contributed by atoms with Crippen molar-refractivity contribution in [3.63, 3.8) is 0 Å². The third-order valence-corrected chi connectivity index (χ3v) is 2.20. The van der Waals surface area contributed by atoms with Crippen LogP contribution in [0.25, 0.3) is 0 Å². The summed E-state index contributed by atoms with van der Waals surface area (Å²) in [5.74, 6) is -9.19. The predicted molar refractivity (Wildman–Crippen MR) is 94.2 cm³/mol. The van der Waals surface area contributed by atoms with Gasteiger partial charge in [0.15, 0.2) is 5.60 Å². The lowest BCUT2D eigenvalue weighted by molar-refractivity contribution is -0.170. The van der Waals surface area contributed by atoms with Crippen molar-refractivity contribution in [1.29, 1.82) is 0 Å². The molecule has 1 atom stereocenters. The minimum Gasteiger partial charge on any atom is -0.481 e. The molecule has 0 aromatic rings. The van der Waals surface area contributed by atoms with Gasteiger partial charge >= 0.3 is 35.8 Å². The third kappa shape index (κ3) is 34.1. The highest BCUT2D eigenvalue weighted by Gasteiger charge is 2.40. The smallest absolute Gasteiger partial charge is 0.336 e. The number of hydrogen-bond acceptors (Lipinski definition) is 9. The highest BCUT2D eigenvalue weighted by Crippen LogP contribution is 2.15. The first kappa shape index (κ1) is 34.7. The lowest BCUT2D eigenvalue weighted by Gasteiger charge is -2.18. The van der Waals surface area contributed by atoms with Gasteiger partial charge in [0.2, 0.25) is 0 Å². The van der Waals surface area contributed by atoms with Gasteiger partial charge in [-0.25, -0.2) is 9.59 Å². The summed E-state index contributed by atoms with van der Waals surface area (Å²) in [4.78, 5) is 68.2. The molecule has 0 aliphatic rings. The van der Waals surface area contributed by atoms with E-state index in [-0.39, 0.29) is 12.8 Å². The van der Waals surface area contributed by atoms with Crippen molar-refractivity contribution in [2.75, 3.05) is 0 Å². The molecule has 16 nitrogen and oxygen atoms in total. The SMILES string of the molecule is CC(=O)O.CC(O)C(=O)O.O=C(O)CC(O)(CC(=O)O)C(=O)O.O=C(O)CCC(=O)O. The molecule has 0 radical (unpaired) electrons. The highest BCUT2D eigenvalue weighted by molar-refractivity contribution is 5.88. The first-order valence-electron chi connectivity index (χ1n) is 7.71. The van der Waals surface area contributed by atoms with Gasteiger partial charge in [0.05, 0.1) is 25.7 Å². The molecule has 1 unspecified atom stereocenters. The minimum atomic E-state index is -2.74. The number of aliphatic hydroxyl groups excluding tert-OH is 1. The Hall–Kier alpha value is -3.79. The summed E-state index contributed by atoms with van der Waals surface area (Å²) in [7, 11) is 0. The number of aliphatic hydroxyl groups is 2. The Bertz CT molecular complexity index is 601. The maximum Gasteiger partial charge on any atom is 0.336 e. The topological polar surface area (TPSA) is 302 Å². The van der Waals surface area contributed by atoms with Crippen LogP contribution in [0.4, 0.5) is 0 Å². The summed E-state index contributed by atoms with van der Waals surface area (Å²) >= 11 is 0. The quantitative estimate of drug-likeness (QED) is 0.184. The average Bonchev–Trinajstić information content (AvgIpc) is 2.51. The molecule has 9 N–H and O–H groups in total. The van der Waals surface area contributed by atoms with Crippen LogP contribution in [0.5, 0.6) is 0 Å². The average molecular weight is 460 g/mol. The van der Waals surface area contributed by atoms with E-state index in [1.54, 1.807) is 0 Å². The van der Waals surface area contributed by atoms with E-state index in [9.17, 15) is 28.8 Å². The Balaban J connectivity index is -0.000000173. The molecule has 0 rings (SSSR count). The van der Waals surface area contributed by atoms with Crippen LogP contribution in [0.2, 0.25) is 0 Å². The lowest BCUT2D eigenvalue weighted by Crippen LogP contribution is -2.42. The standard InChI is InChI=1S/C6H8O7.C4H6O4.C3H6O3.C2H4O2/c7-3(8)1-6(13,5(11)12)2-4(9)10;5-3(6)1-2-4(7)8;1-2(4)3(5)6;1-2(3)4/h13H,1-2H2,(H,7,8)(H,9,10)(H,11,12);1-2H2,(H,5,6)(H,7,8);2,4H,1H3,(H,5,6);1H3,(H,3,4). The van der Waals surface area contributed by atoms with Crippen LogP contribution < -0.4 is 0 Å². The van der Waals surface area contributed by atoms with E-state index in [1.165, 1.54) is 6.92 Å². The zero-order valence-electron chi connectivity index (χ0n) is 16.3. The van der Waals surface area contributed by atoms with Crippen molar-refractivity contribution in [2.45, 2.75) is 51.2 Å². The van der Waals surface area contributed by atoms with E-state index in [0.717, 1.165) is 6.92 Å². The first-order chi connectivity index (χ1) is 13.8. The van der Waals surface area contributed by atoms with Crippen molar-refractivity contribution < 1.29 is 79.5 Å². The molecule has 0 aromatic heterocycles. The third-order valence-electron chi connectivity index (χ3n) is 2.20. The van der Waals surface area contributed by atoms with Crippen LogP contribution in [0.3, 0.4) is 0 Å². The fourth-order valence-electron chi connectivity index (χ4n) is 0.928. The summed E-state index contributed by atoms with van der Waals surface area (Å²) in [5, 5.41) is 72.8. The number of carbonyl (C=O) groups is 7. The summed E-state index contributed by atoms with van der Waals surface area (Å²) < 4.78 is 0. The van der Waals surface area contributed by atoms with Crippen molar-refractivity contribution in [2.24, 2.45) is 0 Å². The Morgan fingerprint density at radius 1 is 0.677 bits per heavy atom. The van der Waals surface area contributed by atoms with E-state index in [4.69, 9.17) is 50.8 Å². The number of carboxylic acid groups (broad SMARTS) is 7. The summed E-state index contributed by atoms with van der Waals surface area (Å²) in [5.41, 5.74) is -2.74. The van der Waals surface area contributed by atoms with Gasteiger partial charge in [-0.1, -0.05) is 0 Å². The van der Waals surface area contributed by atoms with Crippen molar-refractivity contribution in [1.82, 2.24) is 0 Å². The van der Waals surface area contributed by atoms with Crippen LogP contribution >= 0.6 is 0 Å². The zero-order valence-corrected chi connectivity index (χ0v) is 16.3. The van der Waals surface area contributed by atoms with Crippen LogP contribution in [-0.4, -0.2) is 99.4 Å². The van der Waals surface area contributed by atoms with E-state index in [0.29, 0.717) is 0 Å². The molecule has 0 bridgehead atoms. The Labute approximate surface area is 173 Å². The molecule has 0 fully saturated rings. The molecular formula is C15H24O16. The Morgan fingerprint density at radius 2 is 0.903 bits per heavy atom. The summed E-state index contributed by atoms with van der Waals surface area (Å²) in [6.07, 6.45) is -4.11. The molecule has 0 aliphatic heterocycles. The first-order valence-corrected chi connectivity index (χ1v) is 7.71. The molecule has 16 heteroatoms. The largest absolute Gasteiger partial charge is 0.481 e. The fraction of sp³-hybridized carbons (Fsp3) is 0.533. The second-order valence-electron chi connectivity index (χ2n) is 5.30. The molecule has 0 aliphatic carbocycles. The van der Waals surface area contributed by atoms with Gasteiger partial charge in [-0.15, -0.1) is 0 Å². The van der Waals surface area contributed by atoms with Crippen molar-refractivity contribution >= 4 is 41.8 Å². The number of aliphatic carboxylic acids is 7. The second-order valence-corrected chi connectivity index (χ2v) is 5.30. The van der Waals surface area contributed by atoms with Gasteiger partial charge in [-0.2, -0.15) is 0 Å². The molecule has 31 heavy (non-hydrogen) atoms. The molecule has 0 amide bonds. The van der Waals surface area contributed by atoms with Crippen molar-refractivity contribution in [3.8, 4) is 0 Å². The summed E-state index contributed by atoms with van der Waals surface area (Å²) in [6, 6.07) is 0. The summed E-state index contributed by atoms with van der Waals surface area (Å²) in [6.45, 7) is 2.28. The normalized spacial score (nSPS) is 10.2. The van der Waals surface area contributed by atoms with Crippen molar-refractivity contribution in [3.05, 3.63) is 0 Å². The molecule has 0 spiro atoms. The predicted octanol–water partition coefficient (Wildman–Crippen LogP) is -1.77. The van der Waals surface area contributed by atoms with E-state index >= 15 is 0 Å². The number of rotatable bonds is 9. The maximum absolute atomic E-state index is 10.3.